The van der Waals surface area contributed by atoms with E-state index in [1.54, 1.807) is 0 Å². The Kier molecular flexibility index (Phi) is 4.09. The predicted molar refractivity (Wildman–Crippen MR) is 55.2 cm³/mol. The molecular formula is C9H6ClF3O2S. The third-order valence-electron chi connectivity index (χ3n) is 1.57. The number of carboxylic acids is 1. The first-order valence-electron chi connectivity index (χ1n) is 4.02. The number of carbonyl (C=O) groups is 1. The molecule has 0 fully saturated rings. The summed E-state index contributed by atoms with van der Waals surface area (Å²) < 4.78 is 35.7. The molecule has 1 N–H and O–H groups in total. The highest BCUT2D eigenvalue weighted by Crippen LogP contribution is 2.29. The first kappa shape index (κ1) is 13.2. The maximum atomic E-state index is 11.9. The van der Waals surface area contributed by atoms with E-state index in [9.17, 15) is 18.0 Å². The maximum Gasteiger partial charge on any atom is 0.398 e. The minimum Gasteiger partial charge on any atom is -0.478 e. The number of hydrogen-bond acceptors (Lipinski definition) is 2. The van der Waals surface area contributed by atoms with Crippen molar-refractivity contribution in [3.63, 3.8) is 0 Å². The highest BCUT2D eigenvalue weighted by Gasteiger charge is 2.27. The van der Waals surface area contributed by atoms with Gasteiger partial charge in [-0.2, -0.15) is 13.2 Å². The topological polar surface area (TPSA) is 37.3 Å². The fourth-order valence-electron chi connectivity index (χ4n) is 0.923. The second-order valence-electron chi connectivity index (χ2n) is 2.85. The molecule has 0 aromatic heterocycles. The number of thioether (sulfide) groups is 1. The molecule has 0 aliphatic heterocycles. The third-order valence-corrected chi connectivity index (χ3v) is 2.96. The van der Waals surface area contributed by atoms with Gasteiger partial charge < -0.3 is 5.11 Å². The van der Waals surface area contributed by atoms with Gasteiger partial charge in [0.15, 0.2) is 0 Å². The molecule has 1 aromatic rings. The maximum absolute atomic E-state index is 11.9. The average molecular weight is 271 g/mol. The van der Waals surface area contributed by atoms with Crippen molar-refractivity contribution in [2.24, 2.45) is 0 Å². The fraction of sp³-hybridized carbons (Fsp3) is 0.222. The van der Waals surface area contributed by atoms with Crippen LogP contribution in [0.1, 0.15) is 10.4 Å². The molecule has 0 saturated carbocycles. The number of benzene rings is 1. The van der Waals surface area contributed by atoms with Gasteiger partial charge in [-0.1, -0.05) is 11.6 Å². The predicted octanol–water partition coefficient (Wildman–Crippen LogP) is 3.69. The smallest absolute Gasteiger partial charge is 0.398 e. The van der Waals surface area contributed by atoms with Crippen LogP contribution in [-0.2, 0) is 0 Å². The minimum atomic E-state index is -4.28. The van der Waals surface area contributed by atoms with Crippen molar-refractivity contribution in [1.82, 2.24) is 0 Å². The second kappa shape index (κ2) is 4.97. The van der Waals surface area contributed by atoms with E-state index in [1.165, 1.54) is 12.1 Å². The third kappa shape index (κ3) is 3.94. The normalized spacial score (nSPS) is 11.5. The number of halogens is 4. The number of alkyl halides is 3. The van der Waals surface area contributed by atoms with Gasteiger partial charge in [-0.25, -0.2) is 4.79 Å². The van der Waals surface area contributed by atoms with Crippen molar-refractivity contribution in [3.8, 4) is 0 Å². The summed E-state index contributed by atoms with van der Waals surface area (Å²) in [6, 6.07) is 3.75. The van der Waals surface area contributed by atoms with Gasteiger partial charge >= 0.3 is 12.1 Å². The fourth-order valence-corrected chi connectivity index (χ4v) is 1.82. The number of aromatic carboxylic acids is 1. The Labute approximate surface area is 98.4 Å². The lowest BCUT2D eigenvalue weighted by Crippen LogP contribution is -2.10. The Morgan fingerprint density at radius 3 is 2.56 bits per heavy atom. The molecule has 0 heterocycles. The van der Waals surface area contributed by atoms with Crippen molar-refractivity contribution in [1.29, 1.82) is 0 Å². The van der Waals surface area contributed by atoms with Crippen molar-refractivity contribution >= 4 is 29.3 Å². The van der Waals surface area contributed by atoms with E-state index in [2.05, 4.69) is 0 Å². The van der Waals surface area contributed by atoms with Gasteiger partial charge in [-0.05, 0) is 18.2 Å². The van der Waals surface area contributed by atoms with Crippen LogP contribution in [0.4, 0.5) is 13.2 Å². The van der Waals surface area contributed by atoms with Crippen LogP contribution < -0.4 is 0 Å². The lowest BCUT2D eigenvalue weighted by Gasteiger charge is -2.07. The van der Waals surface area contributed by atoms with E-state index in [0.717, 1.165) is 6.07 Å². The summed E-state index contributed by atoms with van der Waals surface area (Å²) in [5, 5.41) is 8.71. The Morgan fingerprint density at radius 1 is 1.44 bits per heavy atom. The molecule has 0 atom stereocenters. The van der Waals surface area contributed by atoms with Crippen LogP contribution in [0.25, 0.3) is 0 Å². The lowest BCUT2D eigenvalue weighted by molar-refractivity contribution is -0.105. The molecule has 0 bridgehead atoms. The zero-order chi connectivity index (χ0) is 12.3. The number of carboxylic acid groups (broad SMARTS) is 1. The van der Waals surface area contributed by atoms with Gasteiger partial charge in [-0.3, -0.25) is 0 Å². The molecule has 2 nitrogen and oxygen atoms in total. The molecule has 88 valence electrons. The summed E-state index contributed by atoms with van der Waals surface area (Å²) in [6.45, 7) is 0. The van der Waals surface area contributed by atoms with Gasteiger partial charge in [0.05, 0.1) is 16.3 Å². The van der Waals surface area contributed by atoms with E-state index in [4.69, 9.17) is 16.7 Å². The van der Waals surface area contributed by atoms with Crippen molar-refractivity contribution in [2.45, 2.75) is 11.1 Å². The summed E-state index contributed by atoms with van der Waals surface area (Å²) >= 11 is 6.09. The average Bonchev–Trinajstić information content (AvgIpc) is 2.14. The van der Waals surface area contributed by atoms with E-state index in [0.29, 0.717) is 11.8 Å². The van der Waals surface area contributed by atoms with Crippen LogP contribution in [0.3, 0.4) is 0 Å². The van der Waals surface area contributed by atoms with Crippen LogP contribution in [0.2, 0.25) is 5.02 Å². The van der Waals surface area contributed by atoms with E-state index in [1.807, 2.05) is 0 Å². The van der Waals surface area contributed by atoms with E-state index >= 15 is 0 Å². The lowest BCUT2D eigenvalue weighted by atomic mass is 10.2. The quantitative estimate of drug-likeness (QED) is 0.851. The van der Waals surface area contributed by atoms with Crippen molar-refractivity contribution in [3.05, 3.63) is 28.8 Å². The first-order chi connectivity index (χ1) is 7.29. The molecule has 0 spiro atoms. The zero-order valence-electron chi connectivity index (χ0n) is 7.71. The highest BCUT2D eigenvalue weighted by molar-refractivity contribution is 7.99. The Hall–Kier alpha value is -0.880. The molecule has 0 amide bonds. The van der Waals surface area contributed by atoms with Crippen LogP contribution in [0.5, 0.6) is 0 Å². The summed E-state index contributed by atoms with van der Waals surface area (Å²) in [7, 11) is 0. The summed E-state index contributed by atoms with van der Waals surface area (Å²) in [5.41, 5.74) is -0.200. The Morgan fingerprint density at radius 2 is 2.06 bits per heavy atom. The summed E-state index contributed by atoms with van der Waals surface area (Å²) in [6.07, 6.45) is -4.28. The number of hydrogen-bond donors (Lipinski definition) is 1. The van der Waals surface area contributed by atoms with Crippen molar-refractivity contribution < 1.29 is 23.1 Å². The molecule has 0 saturated heterocycles. The standard InChI is InChI=1S/C9H6ClF3O2S/c10-7-2-1-5(3-6(7)8(14)15)16-4-9(11,12)13/h1-3H,4H2,(H,14,15). The molecule has 16 heavy (non-hydrogen) atoms. The highest BCUT2D eigenvalue weighted by atomic mass is 35.5. The molecule has 0 aliphatic rings. The van der Waals surface area contributed by atoms with Gasteiger partial charge in [0.1, 0.15) is 0 Å². The molecule has 0 aliphatic carbocycles. The van der Waals surface area contributed by atoms with Crippen molar-refractivity contribution in [2.75, 3.05) is 5.75 Å². The van der Waals surface area contributed by atoms with E-state index in [-0.39, 0.29) is 15.5 Å². The van der Waals surface area contributed by atoms with Crippen LogP contribution >= 0.6 is 23.4 Å². The second-order valence-corrected chi connectivity index (χ2v) is 4.31. The SMILES string of the molecule is O=C(O)c1cc(SCC(F)(F)F)ccc1Cl. The molecule has 0 radical (unpaired) electrons. The van der Waals surface area contributed by atoms with Gasteiger partial charge in [0.2, 0.25) is 0 Å². The summed E-state index contributed by atoms with van der Waals surface area (Å²) in [4.78, 5) is 10.9. The van der Waals surface area contributed by atoms with Crippen LogP contribution in [-0.4, -0.2) is 23.0 Å². The largest absolute Gasteiger partial charge is 0.478 e. The zero-order valence-corrected chi connectivity index (χ0v) is 9.29. The van der Waals surface area contributed by atoms with Gasteiger partial charge in [0.25, 0.3) is 0 Å². The first-order valence-corrected chi connectivity index (χ1v) is 5.38. The molecule has 7 heteroatoms. The Bertz CT molecular complexity index is 406. The summed E-state index contributed by atoms with van der Waals surface area (Å²) in [5.74, 6) is -2.33. The van der Waals surface area contributed by atoms with Gasteiger partial charge in [0, 0.05) is 4.90 Å². The number of rotatable bonds is 3. The molecule has 1 aromatic carbocycles. The molecular weight excluding hydrogens is 265 g/mol. The molecule has 0 unspecified atom stereocenters. The van der Waals surface area contributed by atoms with E-state index < -0.39 is 17.9 Å². The van der Waals surface area contributed by atoms with Gasteiger partial charge in [-0.15, -0.1) is 11.8 Å². The monoisotopic (exact) mass is 270 g/mol. The Balaban J connectivity index is 2.83. The molecule has 1 rings (SSSR count). The van der Waals surface area contributed by atoms with Crippen LogP contribution in [0, 0.1) is 0 Å². The minimum absolute atomic E-state index is 0.00357. The van der Waals surface area contributed by atoms with Crippen LogP contribution in [0.15, 0.2) is 23.1 Å².